The van der Waals surface area contributed by atoms with Crippen LogP contribution in [-0.2, 0) is 20.7 Å². The number of likely N-dealkylation sites (tertiary alicyclic amines) is 1. The van der Waals surface area contributed by atoms with Crippen molar-refractivity contribution in [3.63, 3.8) is 0 Å². The molecule has 1 unspecified atom stereocenters. The maximum absolute atomic E-state index is 13.5. The number of nitrogens with one attached hydrogen (secondary N) is 2. The van der Waals surface area contributed by atoms with Crippen molar-refractivity contribution in [1.29, 1.82) is 0 Å². The molecule has 6 rings (SSSR count). The first kappa shape index (κ1) is 26.4. The van der Waals surface area contributed by atoms with Crippen molar-refractivity contribution in [1.82, 2.24) is 15.5 Å². The van der Waals surface area contributed by atoms with Gasteiger partial charge >= 0.3 is 0 Å². The number of amides is 3. The lowest BCUT2D eigenvalue weighted by Crippen LogP contribution is -2.43. The van der Waals surface area contributed by atoms with Gasteiger partial charge in [0.25, 0.3) is 5.91 Å². The fourth-order valence-electron chi connectivity index (χ4n) is 5.84. The monoisotopic (exact) mass is 556 g/mol. The summed E-state index contributed by atoms with van der Waals surface area (Å²) in [5, 5.41) is 6.24. The average molecular weight is 557 g/mol. The van der Waals surface area contributed by atoms with Crippen molar-refractivity contribution in [2.45, 2.75) is 41.7 Å². The third-order valence-electron chi connectivity index (χ3n) is 8.25. The van der Waals surface area contributed by atoms with Crippen LogP contribution in [0.5, 0.6) is 0 Å². The van der Waals surface area contributed by atoms with Crippen LogP contribution in [0.2, 0.25) is 0 Å². The van der Waals surface area contributed by atoms with E-state index in [1.54, 1.807) is 6.07 Å². The van der Waals surface area contributed by atoms with E-state index < -0.39 is 28.8 Å². The molecule has 3 aromatic rings. The van der Waals surface area contributed by atoms with Gasteiger partial charge in [0.15, 0.2) is 0 Å². The summed E-state index contributed by atoms with van der Waals surface area (Å²) in [6, 6.07) is 25.8. The van der Waals surface area contributed by atoms with E-state index in [1.165, 1.54) is 34.2 Å². The van der Waals surface area contributed by atoms with Gasteiger partial charge in [0.05, 0.1) is 11.8 Å². The van der Waals surface area contributed by atoms with Gasteiger partial charge < -0.3 is 20.1 Å². The van der Waals surface area contributed by atoms with Gasteiger partial charge in [-0.25, -0.2) is 0 Å². The van der Waals surface area contributed by atoms with Crippen LogP contribution in [0.15, 0.2) is 89.8 Å². The van der Waals surface area contributed by atoms with Crippen LogP contribution < -0.4 is 10.6 Å². The fraction of sp³-hybridized carbons (Fsp3) is 0.323. The largest absolute Gasteiger partial charge is 0.768 e. The van der Waals surface area contributed by atoms with Gasteiger partial charge in [-0.15, -0.1) is 0 Å². The van der Waals surface area contributed by atoms with E-state index in [0.717, 1.165) is 12.8 Å². The van der Waals surface area contributed by atoms with Crippen molar-refractivity contribution < 1.29 is 23.1 Å². The summed E-state index contributed by atoms with van der Waals surface area (Å²) in [7, 11) is 0. The highest BCUT2D eigenvalue weighted by atomic mass is 32.2. The van der Waals surface area contributed by atoms with Crippen molar-refractivity contribution in [2.75, 3.05) is 13.1 Å². The van der Waals surface area contributed by atoms with E-state index in [1.807, 2.05) is 60.7 Å². The minimum Gasteiger partial charge on any atom is -0.768 e. The van der Waals surface area contributed by atoms with Crippen molar-refractivity contribution in [3.8, 4) is 0 Å². The quantitative estimate of drug-likeness (QED) is 0.414. The smallest absolute Gasteiger partial charge is 0.253 e. The molecule has 3 aliphatic rings. The molecule has 8 nitrogen and oxygen atoms in total. The highest BCUT2D eigenvalue weighted by Crippen LogP contribution is 2.42. The Bertz CT molecular complexity index is 1370. The third-order valence-corrected chi connectivity index (χ3v) is 8.88. The number of benzene rings is 3. The molecule has 7 atom stereocenters. The highest BCUT2D eigenvalue weighted by Gasteiger charge is 2.48. The second-order valence-corrected chi connectivity index (χ2v) is 11.9. The molecule has 3 fully saturated rings. The molecule has 3 amide bonds. The van der Waals surface area contributed by atoms with Gasteiger partial charge in [-0.2, -0.15) is 0 Å². The second-order valence-electron chi connectivity index (χ2n) is 10.9. The van der Waals surface area contributed by atoms with Gasteiger partial charge in [-0.1, -0.05) is 66.7 Å². The van der Waals surface area contributed by atoms with Crippen LogP contribution in [0.4, 0.5) is 0 Å². The van der Waals surface area contributed by atoms with E-state index in [4.69, 9.17) is 0 Å². The molecule has 2 aliphatic carbocycles. The van der Waals surface area contributed by atoms with E-state index in [9.17, 15) is 23.1 Å². The number of carbonyl (C=O) groups excluding carboxylic acids is 3. The molecule has 2 saturated carbocycles. The Morgan fingerprint density at radius 1 is 0.725 bits per heavy atom. The lowest BCUT2D eigenvalue weighted by molar-refractivity contribution is -0.133. The van der Waals surface area contributed by atoms with Crippen LogP contribution in [0.25, 0.3) is 0 Å². The summed E-state index contributed by atoms with van der Waals surface area (Å²) in [5.74, 6) is -1.79. The number of hydrogen-bond acceptors (Lipinski definition) is 5. The molecule has 40 heavy (non-hydrogen) atoms. The molecule has 1 aliphatic heterocycles. The van der Waals surface area contributed by atoms with Crippen LogP contribution in [0.3, 0.4) is 0 Å². The van der Waals surface area contributed by atoms with Crippen molar-refractivity contribution in [2.24, 2.45) is 11.8 Å². The van der Waals surface area contributed by atoms with Crippen molar-refractivity contribution in [3.05, 3.63) is 102 Å². The lowest BCUT2D eigenvalue weighted by Gasteiger charge is -2.18. The Morgan fingerprint density at radius 3 is 1.70 bits per heavy atom. The van der Waals surface area contributed by atoms with Gasteiger partial charge in [-0.05, 0) is 53.2 Å². The average Bonchev–Trinajstić information content (AvgIpc) is 3.88. The predicted molar refractivity (Wildman–Crippen MR) is 148 cm³/mol. The summed E-state index contributed by atoms with van der Waals surface area (Å²) in [6.07, 6.45) is 1.67. The van der Waals surface area contributed by atoms with E-state index in [-0.39, 0.29) is 59.3 Å². The minimum absolute atomic E-state index is 0.00188. The first-order valence-corrected chi connectivity index (χ1v) is 14.7. The van der Waals surface area contributed by atoms with Crippen LogP contribution in [-0.4, -0.2) is 56.6 Å². The van der Waals surface area contributed by atoms with Gasteiger partial charge in [0.2, 0.25) is 11.8 Å². The standard InChI is InChI=1S/C31H31N3O5S/c35-29(32-27-15-23(27)19-8-3-1-4-9-19)25-17-34(31(37)21-12-7-13-22(14-21)40(38)39)18-26(25)30(36)33-28-16-24(28)20-10-5-2-6-11-20/h1-14,23-28H,15-18H2,(H,32,35)(H,33,36)(H,38,39)/p-1/t23-,24-,25-,26-,27+,28+/m1/s1. The second kappa shape index (κ2) is 11.0. The topological polar surface area (TPSA) is 119 Å². The normalized spacial score (nSPS) is 27.5. The first-order valence-electron chi connectivity index (χ1n) is 13.6. The maximum Gasteiger partial charge on any atom is 0.253 e. The molecular weight excluding hydrogens is 526 g/mol. The molecule has 0 radical (unpaired) electrons. The number of hydrogen-bond donors (Lipinski definition) is 2. The zero-order chi connectivity index (χ0) is 27.8. The van der Waals surface area contributed by atoms with E-state index >= 15 is 0 Å². The molecule has 9 heteroatoms. The number of rotatable bonds is 8. The molecule has 3 aromatic carbocycles. The molecule has 0 bridgehead atoms. The van der Waals surface area contributed by atoms with E-state index in [2.05, 4.69) is 10.6 Å². The van der Waals surface area contributed by atoms with Crippen LogP contribution >= 0.6 is 0 Å². The highest BCUT2D eigenvalue weighted by molar-refractivity contribution is 7.79. The summed E-state index contributed by atoms with van der Waals surface area (Å²) < 4.78 is 22.8. The Labute approximate surface area is 235 Å². The van der Waals surface area contributed by atoms with Crippen LogP contribution in [0, 0.1) is 11.8 Å². The van der Waals surface area contributed by atoms with Crippen LogP contribution in [0.1, 0.15) is 46.2 Å². The van der Waals surface area contributed by atoms with Crippen molar-refractivity contribution >= 4 is 28.8 Å². The summed E-state index contributed by atoms with van der Waals surface area (Å²) in [4.78, 5) is 41.9. The number of nitrogens with zero attached hydrogens (tertiary/aromatic N) is 1. The lowest BCUT2D eigenvalue weighted by atomic mass is 9.94. The van der Waals surface area contributed by atoms with Gasteiger partial charge in [0.1, 0.15) is 0 Å². The zero-order valence-electron chi connectivity index (χ0n) is 21.8. The van der Waals surface area contributed by atoms with Gasteiger partial charge in [-0.3, -0.25) is 18.6 Å². The SMILES string of the molecule is O=C(N[C@H]1C[C@@H]1c1ccccc1)[C@@H]1CN(C(=O)c2cccc(S(=O)[O-])c2)C[C@H]1C(=O)N[C@H]1C[C@@H]1c1ccccc1. The summed E-state index contributed by atoms with van der Waals surface area (Å²) in [5.41, 5.74) is 2.54. The minimum atomic E-state index is -2.47. The summed E-state index contributed by atoms with van der Waals surface area (Å²) in [6.45, 7) is 0.173. The Hall–Kier alpha value is -3.82. The number of carbonyl (C=O) groups is 3. The molecule has 1 heterocycles. The zero-order valence-corrected chi connectivity index (χ0v) is 22.6. The maximum atomic E-state index is 13.5. The molecule has 206 valence electrons. The molecule has 1 saturated heterocycles. The van der Waals surface area contributed by atoms with E-state index in [0.29, 0.717) is 0 Å². The third kappa shape index (κ3) is 5.57. The first-order chi connectivity index (χ1) is 19.4. The predicted octanol–water partition coefficient (Wildman–Crippen LogP) is 2.96. The molecule has 0 spiro atoms. The molecular formula is C31H30N3O5S-. The van der Waals surface area contributed by atoms with Gasteiger partial charge in [0, 0.05) is 47.5 Å². The Morgan fingerprint density at radius 2 is 1.23 bits per heavy atom. The molecule has 2 N–H and O–H groups in total. The Balaban J connectivity index is 1.17. The Kier molecular flexibility index (Phi) is 7.25. The fourth-order valence-corrected chi connectivity index (χ4v) is 6.26. The summed E-state index contributed by atoms with van der Waals surface area (Å²) >= 11 is -2.47. The molecule has 0 aromatic heterocycles.